The van der Waals surface area contributed by atoms with E-state index in [0.717, 1.165) is 10.4 Å². The number of benzene rings is 2. The molecule has 0 bridgehead atoms. The number of carbonyl (C=O) groups is 1. The Balaban J connectivity index is 1.41. The maximum Gasteiger partial charge on any atom is 0.273 e. The molecule has 11 heteroatoms. The van der Waals surface area contributed by atoms with E-state index in [1.54, 1.807) is 48.8 Å². The molecular weight excluding hydrogens is 572 g/mol. The van der Waals surface area contributed by atoms with Crippen LogP contribution >= 0.6 is 22.7 Å². The van der Waals surface area contributed by atoms with Gasteiger partial charge < -0.3 is 9.73 Å². The third kappa shape index (κ3) is 4.93. The van der Waals surface area contributed by atoms with Gasteiger partial charge >= 0.3 is 0 Å². The number of furan rings is 1. The molecule has 210 valence electrons. The van der Waals surface area contributed by atoms with Gasteiger partial charge in [-0.15, -0.1) is 11.3 Å². The molecule has 1 aliphatic rings. The van der Waals surface area contributed by atoms with E-state index in [-0.39, 0.29) is 17.2 Å². The zero-order valence-corrected chi connectivity index (χ0v) is 24.4. The predicted octanol–water partition coefficient (Wildman–Crippen LogP) is 5.72. The zero-order valence-electron chi connectivity index (χ0n) is 22.8. The second kappa shape index (κ2) is 10.8. The number of allylic oxidation sites excluding steroid dienone is 1. The van der Waals surface area contributed by atoms with Crippen molar-refractivity contribution in [3.8, 4) is 11.3 Å². The first-order chi connectivity index (χ1) is 20.2. The second-order valence-electron chi connectivity index (χ2n) is 9.81. The molecular formula is C31H24N4O5S2. The van der Waals surface area contributed by atoms with Crippen molar-refractivity contribution in [2.24, 2.45) is 4.99 Å². The molecule has 1 unspecified atom stereocenters. The van der Waals surface area contributed by atoms with E-state index in [4.69, 9.17) is 4.42 Å². The van der Waals surface area contributed by atoms with Gasteiger partial charge in [0.25, 0.3) is 17.2 Å². The standard InChI is InChI=1S/C31H24N4O5S2/c1-17-14-20(15-23(18(17)2)35(38)39)24-12-11-22(40-24)16-26-30(37)34-28(25-10-7-13-41-25)27(19(3)32-31(34)42-26)29(36)33-21-8-5-4-6-9-21/h4-16,28H,1-3H3,(H,33,36)/b26-16-. The second-order valence-corrected chi connectivity index (χ2v) is 11.8. The SMILES string of the molecule is CC1=C(C(=O)Nc2ccccc2)C(c2cccs2)n2c(s/c(=C\c3ccc(-c4cc(C)c(C)c([N+](=O)[O-])c4)o3)c2=O)=N1. The Bertz CT molecular complexity index is 2070. The molecule has 2 aromatic carbocycles. The molecule has 0 radical (unpaired) electrons. The number of carbonyl (C=O) groups excluding carboxylic acids is 1. The minimum atomic E-state index is -0.643. The Labute approximate surface area is 247 Å². The van der Waals surface area contributed by atoms with Crippen molar-refractivity contribution in [3.63, 3.8) is 0 Å². The fraction of sp³-hybridized carbons (Fsp3) is 0.129. The highest BCUT2D eigenvalue weighted by Gasteiger charge is 2.33. The molecule has 0 aliphatic carbocycles. The Morgan fingerprint density at radius 3 is 2.60 bits per heavy atom. The number of nitrogens with one attached hydrogen (secondary N) is 1. The monoisotopic (exact) mass is 596 g/mol. The van der Waals surface area contributed by atoms with Crippen molar-refractivity contribution in [1.82, 2.24) is 4.57 Å². The lowest BCUT2D eigenvalue weighted by Gasteiger charge is -2.24. The molecule has 1 amide bonds. The number of thiazole rings is 1. The molecule has 1 atom stereocenters. The van der Waals surface area contributed by atoms with Gasteiger partial charge in [0.15, 0.2) is 4.80 Å². The van der Waals surface area contributed by atoms with Gasteiger partial charge in [0.05, 0.1) is 20.7 Å². The number of nitro groups is 1. The predicted molar refractivity (Wildman–Crippen MR) is 163 cm³/mol. The first kappa shape index (κ1) is 27.3. The Morgan fingerprint density at radius 2 is 1.88 bits per heavy atom. The third-order valence-electron chi connectivity index (χ3n) is 7.13. The largest absolute Gasteiger partial charge is 0.457 e. The molecule has 1 aliphatic heterocycles. The van der Waals surface area contributed by atoms with Gasteiger partial charge in [0.2, 0.25) is 0 Å². The van der Waals surface area contributed by atoms with E-state index in [9.17, 15) is 19.7 Å². The van der Waals surface area contributed by atoms with Crippen LogP contribution in [0.2, 0.25) is 0 Å². The summed E-state index contributed by atoms with van der Waals surface area (Å²) in [5, 5.41) is 16.4. The molecule has 0 fully saturated rings. The van der Waals surface area contributed by atoms with Gasteiger partial charge in [0, 0.05) is 33.8 Å². The summed E-state index contributed by atoms with van der Waals surface area (Å²) in [6.07, 6.45) is 1.64. The molecule has 42 heavy (non-hydrogen) atoms. The lowest BCUT2D eigenvalue weighted by atomic mass is 10.0. The van der Waals surface area contributed by atoms with E-state index in [1.807, 2.05) is 48.7 Å². The number of aromatic nitrogens is 1. The quantitative estimate of drug-likeness (QED) is 0.199. The Hall–Kier alpha value is -4.87. The van der Waals surface area contributed by atoms with Crippen LogP contribution < -0.4 is 20.2 Å². The van der Waals surface area contributed by atoms with Crippen LogP contribution in [-0.2, 0) is 4.79 Å². The van der Waals surface area contributed by atoms with E-state index < -0.39 is 11.0 Å². The molecule has 6 rings (SSSR count). The summed E-state index contributed by atoms with van der Waals surface area (Å²) in [6, 6.07) is 19.1. The number of anilines is 1. The first-order valence-electron chi connectivity index (χ1n) is 13.0. The lowest BCUT2D eigenvalue weighted by Crippen LogP contribution is -2.40. The van der Waals surface area contributed by atoms with Gasteiger partial charge in [-0.2, -0.15) is 0 Å². The van der Waals surface area contributed by atoms with Gasteiger partial charge in [-0.1, -0.05) is 35.6 Å². The average molecular weight is 597 g/mol. The number of hydrogen-bond donors (Lipinski definition) is 1. The fourth-order valence-corrected chi connectivity index (χ4v) is 6.79. The fourth-order valence-electron chi connectivity index (χ4n) is 4.94. The number of hydrogen-bond acceptors (Lipinski definition) is 8. The van der Waals surface area contributed by atoms with Crippen molar-refractivity contribution in [2.45, 2.75) is 26.8 Å². The van der Waals surface area contributed by atoms with Crippen molar-refractivity contribution < 1.29 is 14.1 Å². The van der Waals surface area contributed by atoms with Crippen LogP contribution in [0.1, 0.15) is 34.7 Å². The summed E-state index contributed by atoms with van der Waals surface area (Å²) in [4.78, 5) is 44.5. The smallest absolute Gasteiger partial charge is 0.273 e. The molecule has 5 aromatic rings. The van der Waals surface area contributed by atoms with Gasteiger partial charge in [-0.05, 0) is 68.1 Å². The number of thiophene rings is 1. The van der Waals surface area contributed by atoms with Crippen LogP contribution in [0, 0.1) is 24.0 Å². The number of aryl methyl sites for hydroxylation is 1. The Kier molecular flexibility index (Phi) is 7.05. The van der Waals surface area contributed by atoms with E-state index in [1.165, 1.54) is 28.7 Å². The summed E-state index contributed by atoms with van der Waals surface area (Å²) < 4.78 is 7.96. The molecule has 0 saturated heterocycles. The summed E-state index contributed by atoms with van der Waals surface area (Å²) in [7, 11) is 0. The van der Waals surface area contributed by atoms with Crippen molar-refractivity contribution in [2.75, 3.05) is 5.32 Å². The zero-order chi connectivity index (χ0) is 29.5. The van der Waals surface area contributed by atoms with E-state index >= 15 is 0 Å². The Morgan fingerprint density at radius 1 is 1.10 bits per heavy atom. The van der Waals surface area contributed by atoms with Crippen LogP contribution in [-0.4, -0.2) is 15.4 Å². The number of amides is 1. The molecule has 1 N–H and O–H groups in total. The number of fused-ring (bicyclic) bond motifs is 1. The highest BCUT2D eigenvalue weighted by molar-refractivity contribution is 7.10. The number of rotatable bonds is 6. The highest BCUT2D eigenvalue weighted by Crippen LogP contribution is 2.34. The summed E-state index contributed by atoms with van der Waals surface area (Å²) in [5.41, 5.74) is 3.26. The normalized spacial score (nSPS) is 14.9. The maximum absolute atomic E-state index is 13.9. The first-order valence-corrected chi connectivity index (χ1v) is 14.7. The molecule has 9 nitrogen and oxygen atoms in total. The molecule has 0 spiro atoms. The van der Waals surface area contributed by atoms with Gasteiger partial charge in [-0.3, -0.25) is 24.3 Å². The number of nitrogens with zero attached hydrogens (tertiary/aromatic N) is 3. The summed E-state index contributed by atoms with van der Waals surface area (Å²) in [5.74, 6) is 0.544. The third-order valence-corrected chi connectivity index (χ3v) is 9.04. The molecule has 3 aromatic heterocycles. The maximum atomic E-state index is 13.9. The van der Waals surface area contributed by atoms with Crippen molar-refractivity contribution in [3.05, 3.63) is 135 Å². The summed E-state index contributed by atoms with van der Waals surface area (Å²) in [6.45, 7) is 5.31. The molecule has 4 heterocycles. The van der Waals surface area contributed by atoms with Crippen LogP contribution in [0.5, 0.6) is 0 Å². The van der Waals surface area contributed by atoms with Gasteiger partial charge in [-0.25, -0.2) is 4.99 Å². The van der Waals surface area contributed by atoms with Crippen LogP contribution in [0.3, 0.4) is 0 Å². The number of para-hydroxylation sites is 1. The minimum Gasteiger partial charge on any atom is -0.457 e. The van der Waals surface area contributed by atoms with Crippen molar-refractivity contribution in [1.29, 1.82) is 0 Å². The van der Waals surface area contributed by atoms with E-state index in [0.29, 0.717) is 48.9 Å². The highest BCUT2D eigenvalue weighted by atomic mass is 32.1. The molecule has 0 saturated carbocycles. The van der Waals surface area contributed by atoms with Crippen LogP contribution in [0.15, 0.2) is 97.6 Å². The topological polar surface area (TPSA) is 120 Å². The average Bonchev–Trinajstić information content (AvgIpc) is 3.72. The minimum absolute atomic E-state index is 0.0207. The van der Waals surface area contributed by atoms with Crippen molar-refractivity contribution >= 4 is 46.0 Å². The van der Waals surface area contributed by atoms with Crippen LogP contribution in [0.25, 0.3) is 17.4 Å². The van der Waals surface area contributed by atoms with Gasteiger partial charge in [0.1, 0.15) is 17.6 Å². The lowest BCUT2D eigenvalue weighted by molar-refractivity contribution is -0.385. The van der Waals surface area contributed by atoms with E-state index in [2.05, 4.69) is 10.3 Å². The summed E-state index contributed by atoms with van der Waals surface area (Å²) >= 11 is 2.68. The van der Waals surface area contributed by atoms with Crippen LogP contribution in [0.4, 0.5) is 11.4 Å². The number of nitro benzene ring substituents is 1.